The third kappa shape index (κ3) is 3.96. The van der Waals surface area contributed by atoms with Crippen molar-refractivity contribution in [2.75, 3.05) is 25.5 Å². The van der Waals surface area contributed by atoms with E-state index in [1.165, 1.54) is 11.8 Å². The maximum atomic E-state index is 12.3. The SMILES string of the molecule is CNc1nc(S[C@@H](C)C(=O)NC[C@@H]2CCCO2)nc2ccccc12. The molecule has 0 unspecified atom stereocenters. The van der Waals surface area contributed by atoms with Gasteiger partial charge in [0.1, 0.15) is 5.82 Å². The number of aromatic nitrogens is 2. The zero-order valence-electron chi connectivity index (χ0n) is 13.9. The zero-order valence-corrected chi connectivity index (χ0v) is 14.7. The molecular weight excluding hydrogens is 324 g/mol. The van der Waals surface area contributed by atoms with E-state index in [2.05, 4.69) is 20.6 Å². The molecule has 0 bridgehead atoms. The largest absolute Gasteiger partial charge is 0.376 e. The Labute approximate surface area is 145 Å². The van der Waals surface area contributed by atoms with Crippen molar-refractivity contribution in [1.29, 1.82) is 0 Å². The number of rotatable bonds is 6. The molecule has 3 rings (SSSR count). The molecule has 1 amide bonds. The first-order valence-corrected chi connectivity index (χ1v) is 9.06. The van der Waals surface area contributed by atoms with Crippen LogP contribution in [0.5, 0.6) is 0 Å². The molecule has 0 aliphatic carbocycles. The van der Waals surface area contributed by atoms with Gasteiger partial charge in [0.2, 0.25) is 5.91 Å². The van der Waals surface area contributed by atoms with Crippen molar-refractivity contribution in [2.24, 2.45) is 0 Å². The topological polar surface area (TPSA) is 76.1 Å². The first-order valence-electron chi connectivity index (χ1n) is 8.18. The minimum Gasteiger partial charge on any atom is -0.376 e. The van der Waals surface area contributed by atoms with Gasteiger partial charge in [-0.25, -0.2) is 9.97 Å². The summed E-state index contributed by atoms with van der Waals surface area (Å²) >= 11 is 1.36. The van der Waals surface area contributed by atoms with Crippen molar-refractivity contribution in [3.63, 3.8) is 0 Å². The first kappa shape index (κ1) is 17.0. The second-order valence-electron chi connectivity index (χ2n) is 5.76. The molecule has 1 aliphatic rings. The summed E-state index contributed by atoms with van der Waals surface area (Å²) in [5.74, 6) is 0.758. The van der Waals surface area contributed by atoms with Gasteiger partial charge in [0.05, 0.1) is 16.9 Å². The lowest BCUT2D eigenvalue weighted by atomic mass is 10.2. The van der Waals surface area contributed by atoms with Crippen molar-refractivity contribution < 1.29 is 9.53 Å². The first-order chi connectivity index (χ1) is 11.7. The average molecular weight is 346 g/mol. The molecule has 24 heavy (non-hydrogen) atoms. The molecule has 1 saturated heterocycles. The van der Waals surface area contributed by atoms with Gasteiger partial charge < -0.3 is 15.4 Å². The number of ether oxygens (including phenoxy) is 1. The molecule has 0 saturated carbocycles. The van der Waals surface area contributed by atoms with Crippen molar-refractivity contribution in [2.45, 2.75) is 36.3 Å². The van der Waals surface area contributed by atoms with Crippen LogP contribution in [-0.2, 0) is 9.53 Å². The molecule has 1 fully saturated rings. The number of carbonyl (C=O) groups excluding carboxylic acids is 1. The number of carbonyl (C=O) groups is 1. The molecule has 2 heterocycles. The van der Waals surface area contributed by atoms with Crippen LogP contribution >= 0.6 is 11.8 Å². The molecule has 1 aromatic carbocycles. The Hall–Kier alpha value is -1.86. The van der Waals surface area contributed by atoms with Crippen LogP contribution in [0.15, 0.2) is 29.4 Å². The van der Waals surface area contributed by atoms with Crippen molar-refractivity contribution in [3.05, 3.63) is 24.3 Å². The maximum Gasteiger partial charge on any atom is 0.233 e. The van der Waals surface area contributed by atoms with Crippen LogP contribution in [0.3, 0.4) is 0 Å². The Kier molecular flexibility index (Phi) is 5.52. The van der Waals surface area contributed by atoms with Gasteiger partial charge in [-0.1, -0.05) is 23.9 Å². The van der Waals surface area contributed by atoms with Crippen molar-refractivity contribution in [1.82, 2.24) is 15.3 Å². The Morgan fingerprint density at radius 1 is 1.42 bits per heavy atom. The average Bonchev–Trinajstić information content (AvgIpc) is 3.12. The summed E-state index contributed by atoms with van der Waals surface area (Å²) in [4.78, 5) is 21.3. The van der Waals surface area contributed by atoms with E-state index < -0.39 is 0 Å². The molecule has 1 aromatic heterocycles. The fraction of sp³-hybridized carbons (Fsp3) is 0.471. The molecule has 6 nitrogen and oxygen atoms in total. The van der Waals surface area contributed by atoms with Crippen LogP contribution in [0.2, 0.25) is 0 Å². The summed E-state index contributed by atoms with van der Waals surface area (Å²) in [6.45, 7) is 3.24. The van der Waals surface area contributed by atoms with E-state index in [9.17, 15) is 4.79 Å². The predicted octanol–water partition coefficient (Wildman–Crippen LogP) is 2.45. The molecule has 2 aromatic rings. The van der Waals surface area contributed by atoms with E-state index in [4.69, 9.17) is 4.74 Å². The monoisotopic (exact) mass is 346 g/mol. The van der Waals surface area contributed by atoms with Gasteiger partial charge in [-0.2, -0.15) is 0 Å². The summed E-state index contributed by atoms with van der Waals surface area (Å²) in [7, 11) is 1.83. The number of nitrogens with one attached hydrogen (secondary N) is 2. The fourth-order valence-corrected chi connectivity index (χ4v) is 3.48. The second-order valence-corrected chi connectivity index (χ2v) is 7.07. The van der Waals surface area contributed by atoms with Gasteiger partial charge in [0.15, 0.2) is 5.16 Å². The molecule has 7 heteroatoms. The van der Waals surface area contributed by atoms with Crippen LogP contribution in [0.25, 0.3) is 10.9 Å². The Bertz CT molecular complexity index is 719. The highest BCUT2D eigenvalue weighted by atomic mass is 32.2. The van der Waals surface area contributed by atoms with Crippen LogP contribution in [0.4, 0.5) is 5.82 Å². The number of amides is 1. The standard InChI is InChI=1S/C17H22N4O2S/c1-11(16(22)19-10-12-6-5-9-23-12)24-17-20-14-8-4-3-7-13(14)15(18-2)21-17/h3-4,7-8,11-12H,5-6,9-10H2,1-2H3,(H,19,22)(H,18,20,21)/t11-,12-/m0/s1. The van der Waals surface area contributed by atoms with Gasteiger partial charge >= 0.3 is 0 Å². The second kappa shape index (κ2) is 7.81. The van der Waals surface area contributed by atoms with Crippen LogP contribution in [-0.4, -0.2) is 47.4 Å². The van der Waals surface area contributed by atoms with E-state index in [1.807, 2.05) is 38.2 Å². The Morgan fingerprint density at radius 3 is 3.00 bits per heavy atom. The van der Waals surface area contributed by atoms with Crippen LogP contribution in [0, 0.1) is 0 Å². The van der Waals surface area contributed by atoms with Crippen LogP contribution in [0.1, 0.15) is 19.8 Å². The summed E-state index contributed by atoms with van der Waals surface area (Å²) < 4.78 is 5.53. The molecular formula is C17H22N4O2S. The summed E-state index contributed by atoms with van der Waals surface area (Å²) in [6.07, 6.45) is 2.24. The molecule has 2 atom stereocenters. The van der Waals surface area contributed by atoms with Gasteiger partial charge in [0, 0.05) is 25.6 Å². The van der Waals surface area contributed by atoms with E-state index in [-0.39, 0.29) is 17.3 Å². The predicted molar refractivity (Wildman–Crippen MR) is 96.4 cm³/mol. The minimum absolute atomic E-state index is 0.0155. The molecule has 1 aliphatic heterocycles. The van der Waals surface area contributed by atoms with E-state index in [0.29, 0.717) is 11.7 Å². The van der Waals surface area contributed by atoms with Gasteiger partial charge in [-0.3, -0.25) is 4.79 Å². The van der Waals surface area contributed by atoms with Gasteiger partial charge in [-0.15, -0.1) is 0 Å². The smallest absolute Gasteiger partial charge is 0.233 e. The van der Waals surface area contributed by atoms with Gasteiger partial charge in [-0.05, 0) is 31.9 Å². The minimum atomic E-state index is -0.266. The normalized spacial score (nSPS) is 18.5. The maximum absolute atomic E-state index is 12.3. The van der Waals surface area contributed by atoms with Crippen LogP contribution < -0.4 is 10.6 Å². The number of hydrogen-bond acceptors (Lipinski definition) is 6. The lowest BCUT2D eigenvalue weighted by molar-refractivity contribution is -0.120. The molecule has 0 spiro atoms. The number of anilines is 1. The summed E-state index contributed by atoms with van der Waals surface area (Å²) in [5.41, 5.74) is 0.867. The quantitative estimate of drug-likeness (QED) is 0.618. The number of benzene rings is 1. The van der Waals surface area contributed by atoms with E-state index >= 15 is 0 Å². The Morgan fingerprint density at radius 2 is 2.25 bits per heavy atom. The summed E-state index contributed by atoms with van der Waals surface area (Å²) in [5, 5.41) is 7.35. The molecule has 2 N–H and O–H groups in total. The van der Waals surface area contributed by atoms with Crippen molar-refractivity contribution in [3.8, 4) is 0 Å². The number of hydrogen-bond donors (Lipinski definition) is 2. The zero-order chi connectivity index (χ0) is 16.9. The number of fused-ring (bicyclic) bond motifs is 1. The summed E-state index contributed by atoms with van der Waals surface area (Å²) in [6, 6.07) is 7.83. The number of para-hydroxylation sites is 1. The third-order valence-corrected chi connectivity index (χ3v) is 4.96. The highest BCUT2D eigenvalue weighted by Gasteiger charge is 2.20. The van der Waals surface area contributed by atoms with Crippen molar-refractivity contribution >= 4 is 34.4 Å². The lowest BCUT2D eigenvalue weighted by Gasteiger charge is -2.15. The Balaban J connectivity index is 1.65. The third-order valence-electron chi connectivity index (χ3n) is 4.00. The van der Waals surface area contributed by atoms with Gasteiger partial charge in [0.25, 0.3) is 0 Å². The highest BCUT2D eigenvalue weighted by Crippen LogP contribution is 2.26. The highest BCUT2D eigenvalue weighted by molar-refractivity contribution is 8.00. The lowest BCUT2D eigenvalue weighted by Crippen LogP contribution is -2.36. The fourth-order valence-electron chi connectivity index (χ4n) is 2.67. The molecule has 128 valence electrons. The van der Waals surface area contributed by atoms with E-state index in [0.717, 1.165) is 36.2 Å². The number of thioether (sulfide) groups is 1. The van der Waals surface area contributed by atoms with E-state index in [1.54, 1.807) is 0 Å². The molecule has 0 radical (unpaired) electrons. The number of nitrogens with zero attached hydrogens (tertiary/aromatic N) is 2.